The molecular weight excluding hydrogens is 542 g/mol. The predicted molar refractivity (Wildman–Crippen MR) is 136 cm³/mol. The lowest BCUT2D eigenvalue weighted by Crippen LogP contribution is -2.18. The highest BCUT2D eigenvalue weighted by Crippen LogP contribution is 2.37. The monoisotopic (exact) mass is 561 g/mol. The van der Waals surface area contributed by atoms with Crippen molar-refractivity contribution in [3.8, 4) is 17.2 Å². The Labute approximate surface area is 214 Å². The summed E-state index contributed by atoms with van der Waals surface area (Å²) < 4.78 is 17.4. The molecule has 0 radical (unpaired) electrons. The van der Waals surface area contributed by atoms with E-state index in [-0.39, 0.29) is 17.0 Å². The standard InChI is InChI=1S/C24H21BrClN3O6/c1-3-34-22-11-16(10-20(25)23(22)35-14-15-4-6-17(26)7-5-15)13-27-28-24(30)19-12-18(29(31)32)8-9-21(19)33-2/h4-13H,3,14H2,1-2H3,(H,28,30). The molecule has 3 rings (SSSR count). The van der Waals surface area contributed by atoms with Crippen LogP contribution in [0.25, 0.3) is 0 Å². The van der Waals surface area contributed by atoms with Crippen LogP contribution in [-0.4, -0.2) is 30.8 Å². The Hall–Kier alpha value is -3.63. The molecule has 0 saturated heterocycles. The average Bonchev–Trinajstić information content (AvgIpc) is 2.84. The number of nitro groups is 1. The maximum Gasteiger partial charge on any atom is 0.275 e. The molecule has 0 aromatic heterocycles. The van der Waals surface area contributed by atoms with E-state index in [9.17, 15) is 14.9 Å². The first-order valence-corrected chi connectivity index (χ1v) is 11.5. The molecule has 1 amide bonds. The largest absolute Gasteiger partial charge is 0.496 e. The minimum atomic E-state index is -0.659. The molecule has 0 spiro atoms. The number of benzene rings is 3. The van der Waals surface area contributed by atoms with Crippen molar-refractivity contribution in [3.63, 3.8) is 0 Å². The predicted octanol–water partition coefficient (Wildman–Crippen LogP) is 5.76. The Bertz CT molecular complexity index is 1250. The van der Waals surface area contributed by atoms with Crippen LogP contribution in [0.1, 0.15) is 28.4 Å². The lowest BCUT2D eigenvalue weighted by Gasteiger charge is -2.14. The van der Waals surface area contributed by atoms with Gasteiger partial charge in [-0.1, -0.05) is 23.7 Å². The van der Waals surface area contributed by atoms with Crippen LogP contribution in [0.2, 0.25) is 5.02 Å². The Kier molecular flexibility index (Phi) is 9.04. The first-order valence-electron chi connectivity index (χ1n) is 10.3. The fourth-order valence-electron chi connectivity index (χ4n) is 3.01. The van der Waals surface area contributed by atoms with Gasteiger partial charge in [0.1, 0.15) is 12.4 Å². The summed E-state index contributed by atoms with van der Waals surface area (Å²) in [5.74, 6) is 0.536. The minimum Gasteiger partial charge on any atom is -0.496 e. The number of hydrazone groups is 1. The summed E-state index contributed by atoms with van der Waals surface area (Å²) in [5.41, 5.74) is 3.66. The highest BCUT2D eigenvalue weighted by atomic mass is 79.9. The molecule has 11 heteroatoms. The van der Waals surface area contributed by atoms with E-state index in [1.54, 1.807) is 24.3 Å². The van der Waals surface area contributed by atoms with Crippen molar-refractivity contribution in [1.82, 2.24) is 5.43 Å². The van der Waals surface area contributed by atoms with Crippen LogP contribution in [0.5, 0.6) is 17.2 Å². The number of ether oxygens (including phenoxy) is 3. The quantitative estimate of drug-likeness (QED) is 0.191. The fourth-order valence-corrected chi connectivity index (χ4v) is 3.71. The molecule has 182 valence electrons. The van der Waals surface area contributed by atoms with E-state index < -0.39 is 10.8 Å². The molecule has 0 bridgehead atoms. The van der Waals surface area contributed by atoms with Crippen molar-refractivity contribution in [2.45, 2.75) is 13.5 Å². The van der Waals surface area contributed by atoms with Crippen LogP contribution >= 0.6 is 27.5 Å². The smallest absolute Gasteiger partial charge is 0.275 e. The number of hydrogen-bond donors (Lipinski definition) is 1. The van der Waals surface area contributed by atoms with Crippen LogP contribution in [0.3, 0.4) is 0 Å². The Morgan fingerprint density at radius 3 is 2.54 bits per heavy atom. The molecule has 0 atom stereocenters. The number of hydrogen-bond acceptors (Lipinski definition) is 7. The number of amides is 1. The molecule has 9 nitrogen and oxygen atoms in total. The minimum absolute atomic E-state index is 0.0130. The number of carbonyl (C=O) groups excluding carboxylic acids is 1. The Morgan fingerprint density at radius 1 is 1.14 bits per heavy atom. The summed E-state index contributed by atoms with van der Waals surface area (Å²) in [4.78, 5) is 23.0. The van der Waals surface area contributed by atoms with Gasteiger partial charge < -0.3 is 14.2 Å². The molecule has 3 aromatic rings. The third-order valence-corrected chi connectivity index (χ3v) is 5.49. The van der Waals surface area contributed by atoms with Crippen molar-refractivity contribution in [2.75, 3.05) is 13.7 Å². The van der Waals surface area contributed by atoms with Gasteiger partial charge in [0.05, 0.1) is 34.9 Å². The van der Waals surface area contributed by atoms with Crippen molar-refractivity contribution >= 4 is 45.3 Å². The van der Waals surface area contributed by atoms with Gasteiger partial charge in [0, 0.05) is 17.2 Å². The number of nitrogens with zero attached hydrogens (tertiary/aromatic N) is 2. The first-order chi connectivity index (χ1) is 16.8. The average molecular weight is 563 g/mol. The molecular formula is C24H21BrClN3O6. The molecule has 3 aromatic carbocycles. The van der Waals surface area contributed by atoms with Gasteiger partial charge in [0.15, 0.2) is 11.5 Å². The molecule has 0 unspecified atom stereocenters. The van der Waals surface area contributed by atoms with Gasteiger partial charge in [-0.15, -0.1) is 0 Å². The first kappa shape index (κ1) is 26.0. The summed E-state index contributed by atoms with van der Waals surface area (Å²) in [7, 11) is 1.37. The van der Waals surface area contributed by atoms with Gasteiger partial charge in [-0.2, -0.15) is 5.10 Å². The third-order valence-electron chi connectivity index (χ3n) is 4.65. The summed E-state index contributed by atoms with van der Waals surface area (Å²) >= 11 is 9.42. The van der Waals surface area contributed by atoms with Crippen molar-refractivity contribution in [1.29, 1.82) is 0 Å². The summed E-state index contributed by atoms with van der Waals surface area (Å²) in [6.45, 7) is 2.57. The van der Waals surface area contributed by atoms with Crippen LogP contribution in [0.15, 0.2) is 64.2 Å². The van der Waals surface area contributed by atoms with E-state index in [1.807, 2.05) is 19.1 Å². The topological polar surface area (TPSA) is 112 Å². The highest BCUT2D eigenvalue weighted by Gasteiger charge is 2.17. The SMILES string of the molecule is CCOc1cc(C=NNC(=O)c2cc([N+](=O)[O-])ccc2OC)cc(Br)c1OCc1ccc(Cl)cc1. The van der Waals surface area contributed by atoms with Crippen LogP contribution in [0.4, 0.5) is 5.69 Å². The second kappa shape index (κ2) is 12.2. The third kappa shape index (κ3) is 6.93. The molecule has 0 aliphatic carbocycles. The zero-order valence-corrected chi connectivity index (χ0v) is 21.1. The lowest BCUT2D eigenvalue weighted by atomic mass is 10.1. The van der Waals surface area contributed by atoms with Crippen molar-refractivity contribution in [2.24, 2.45) is 5.10 Å². The second-order valence-electron chi connectivity index (χ2n) is 7.02. The van der Waals surface area contributed by atoms with Crippen LogP contribution in [0, 0.1) is 10.1 Å². The van der Waals surface area contributed by atoms with Gasteiger partial charge in [0.25, 0.3) is 11.6 Å². The van der Waals surface area contributed by atoms with E-state index in [1.165, 1.54) is 25.5 Å². The summed E-state index contributed by atoms with van der Waals surface area (Å²) in [6, 6.07) is 14.5. The number of halogens is 2. The Balaban J connectivity index is 1.76. The van der Waals surface area contributed by atoms with Crippen molar-refractivity contribution < 1.29 is 23.9 Å². The van der Waals surface area contributed by atoms with Crippen molar-refractivity contribution in [3.05, 3.63) is 90.9 Å². The van der Waals surface area contributed by atoms with E-state index in [4.69, 9.17) is 25.8 Å². The van der Waals surface area contributed by atoms with Crippen LogP contribution in [-0.2, 0) is 6.61 Å². The molecule has 0 fully saturated rings. The van der Waals surface area contributed by atoms with Gasteiger partial charge in [-0.3, -0.25) is 14.9 Å². The molecule has 35 heavy (non-hydrogen) atoms. The molecule has 0 saturated carbocycles. The highest BCUT2D eigenvalue weighted by molar-refractivity contribution is 9.10. The maximum atomic E-state index is 12.5. The van der Waals surface area contributed by atoms with Gasteiger partial charge in [-0.05, 0) is 64.3 Å². The molecule has 0 aliphatic rings. The Morgan fingerprint density at radius 2 is 1.89 bits per heavy atom. The number of rotatable bonds is 10. The molecule has 1 N–H and O–H groups in total. The number of non-ortho nitro benzene ring substituents is 1. The fraction of sp³-hybridized carbons (Fsp3) is 0.167. The molecule has 0 heterocycles. The summed E-state index contributed by atoms with van der Waals surface area (Å²) in [5, 5.41) is 15.6. The van der Waals surface area contributed by atoms with E-state index in [0.717, 1.165) is 11.6 Å². The number of nitro benzene ring substituents is 1. The number of methoxy groups -OCH3 is 1. The lowest BCUT2D eigenvalue weighted by molar-refractivity contribution is -0.384. The van der Waals surface area contributed by atoms with E-state index >= 15 is 0 Å². The summed E-state index contributed by atoms with van der Waals surface area (Å²) in [6.07, 6.45) is 1.41. The number of carbonyl (C=O) groups is 1. The van der Waals surface area contributed by atoms with Gasteiger partial charge in [0.2, 0.25) is 0 Å². The normalized spacial score (nSPS) is 10.7. The van der Waals surface area contributed by atoms with Gasteiger partial charge in [-0.25, -0.2) is 5.43 Å². The maximum absolute atomic E-state index is 12.5. The van der Waals surface area contributed by atoms with E-state index in [2.05, 4.69) is 26.5 Å². The van der Waals surface area contributed by atoms with Crippen LogP contribution < -0.4 is 19.6 Å². The molecule has 0 aliphatic heterocycles. The van der Waals surface area contributed by atoms with E-state index in [0.29, 0.717) is 39.8 Å². The zero-order valence-electron chi connectivity index (χ0n) is 18.8. The second-order valence-corrected chi connectivity index (χ2v) is 8.31. The zero-order chi connectivity index (χ0) is 25.4. The number of nitrogens with one attached hydrogen (secondary N) is 1. The van der Waals surface area contributed by atoms with Gasteiger partial charge >= 0.3 is 0 Å².